The first-order chi connectivity index (χ1) is 14.7. The number of likely N-dealkylation sites (N-methyl/N-ethyl adjacent to an activating group) is 2. The molecule has 188 valence electrons. The molecule has 4 N–H and O–H groups in total. The van der Waals surface area contributed by atoms with Crippen LogP contribution in [-0.2, 0) is 35.9 Å². The van der Waals surface area contributed by atoms with E-state index in [1.807, 2.05) is 32.8 Å². The van der Waals surface area contributed by atoms with Gasteiger partial charge in [-0.15, -0.1) is 0 Å². The molecule has 0 bridgehead atoms. The van der Waals surface area contributed by atoms with Crippen molar-refractivity contribution < 1.29 is 21.6 Å². The average molecular weight is 507 g/mol. The van der Waals surface area contributed by atoms with Gasteiger partial charge in [0, 0.05) is 33.0 Å². The van der Waals surface area contributed by atoms with E-state index in [0.717, 1.165) is 6.54 Å². The van der Waals surface area contributed by atoms with Gasteiger partial charge in [0.2, 0.25) is 5.91 Å². The summed E-state index contributed by atoms with van der Waals surface area (Å²) in [6, 6.07) is 2.67. The minimum Gasteiger partial charge on any atom is -0.347 e. The summed E-state index contributed by atoms with van der Waals surface area (Å²) in [6.45, 7) is 8.00. The lowest BCUT2D eigenvalue weighted by molar-refractivity contribution is -0.137. The molecule has 0 aliphatic rings. The number of nitrogens with two attached hydrogens (primary N) is 2. The molecule has 0 spiro atoms. The van der Waals surface area contributed by atoms with Gasteiger partial charge in [0.05, 0.1) is 5.54 Å². The summed E-state index contributed by atoms with van der Waals surface area (Å²) in [5.74, 6) is -0.193. The fourth-order valence-corrected chi connectivity index (χ4v) is 3.96. The zero-order valence-electron chi connectivity index (χ0n) is 20.2. The summed E-state index contributed by atoms with van der Waals surface area (Å²) in [5.41, 5.74) is -1.25. The smallest absolute Gasteiger partial charge is 0.257 e. The van der Waals surface area contributed by atoms with Crippen LogP contribution in [0.2, 0.25) is 0 Å². The molecule has 0 aromatic carbocycles. The Morgan fingerprint density at radius 3 is 1.61 bits per heavy atom. The minimum absolute atomic E-state index is 0.0978. The van der Waals surface area contributed by atoms with Crippen molar-refractivity contribution in [2.24, 2.45) is 10.3 Å². The van der Waals surface area contributed by atoms with Gasteiger partial charge in [0.15, 0.2) is 10.1 Å². The maximum atomic E-state index is 11.9. The Balaban J connectivity index is 0.000000331. The van der Waals surface area contributed by atoms with Crippen molar-refractivity contribution in [3.8, 4) is 0 Å². The van der Waals surface area contributed by atoms with Crippen molar-refractivity contribution in [3.05, 3.63) is 24.5 Å². The molecule has 2 heterocycles. The van der Waals surface area contributed by atoms with Crippen LogP contribution in [-0.4, -0.2) is 86.8 Å². The highest BCUT2D eigenvalue weighted by molar-refractivity contribution is 7.89. The van der Waals surface area contributed by atoms with E-state index in [0.29, 0.717) is 0 Å². The van der Waals surface area contributed by atoms with Crippen LogP contribution in [0.5, 0.6) is 0 Å². The molecule has 33 heavy (non-hydrogen) atoms. The highest BCUT2D eigenvalue weighted by atomic mass is 32.2. The van der Waals surface area contributed by atoms with Crippen LogP contribution in [0.15, 0.2) is 34.6 Å². The van der Waals surface area contributed by atoms with E-state index in [4.69, 9.17) is 10.3 Å². The molecule has 13 nitrogen and oxygen atoms in total. The van der Waals surface area contributed by atoms with Gasteiger partial charge in [0.1, 0.15) is 5.54 Å². The second-order valence-electron chi connectivity index (χ2n) is 9.10. The number of hydrogen-bond acceptors (Lipinski definition) is 8. The summed E-state index contributed by atoms with van der Waals surface area (Å²) < 4.78 is 47.2. The van der Waals surface area contributed by atoms with Gasteiger partial charge >= 0.3 is 0 Å². The van der Waals surface area contributed by atoms with E-state index < -0.39 is 25.6 Å². The first-order valence-corrected chi connectivity index (χ1v) is 12.8. The first kappa shape index (κ1) is 28.7. The Morgan fingerprint density at radius 2 is 1.27 bits per heavy atom. The van der Waals surface area contributed by atoms with Crippen molar-refractivity contribution in [2.45, 2.75) is 48.8 Å². The van der Waals surface area contributed by atoms with Crippen LogP contribution in [0.25, 0.3) is 0 Å². The Morgan fingerprint density at radius 1 is 0.879 bits per heavy atom. The number of carbonyl (C=O) groups excluding carboxylic acids is 1. The van der Waals surface area contributed by atoms with Crippen molar-refractivity contribution in [3.63, 3.8) is 0 Å². The fraction of sp³-hybridized carbons (Fsp3) is 0.611. The van der Waals surface area contributed by atoms with Gasteiger partial charge in [-0.05, 0) is 53.9 Å². The third-order valence-electron chi connectivity index (χ3n) is 4.54. The molecule has 0 aliphatic heterocycles. The van der Waals surface area contributed by atoms with Crippen molar-refractivity contribution in [1.82, 2.24) is 29.4 Å². The normalized spacial score (nSPS) is 12.9. The lowest BCUT2D eigenvalue weighted by Gasteiger charge is -2.28. The Hall–Kier alpha value is -2.33. The molecule has 0 atom stereocenters. The largest absolute Gasteiger partial charge is 0.347 e. The van der Waals surface area contributed by atoms with E-state index in [1.54, 1.807) is 38.8 Å². The van der Waals surface area contributed by atoms with Crippen LogP contribution in [0, 0.1) is 0 Å². The van der Waals surface area contributed by atoms with Crippen molar-refractivity contribution >= 4 is 26.0 Å². The van der Waals surface area contributed by atoms with Gasteiger partial charge in [-0.3, -0.25) is 14.2 Å². The van der Waals surface area contributed by atoms with Crippen LogP contribution >= 0.6 is 0 Å². The van der Waals surface area contributed by atoms with Crippen LogP contribution in [0.3, 0.4) is 0 Å². The predicted octanol–water partition coefficient (Wildman–Crippen LogP) is -0.819. The molecule has 0 saturated carbocycles. The van der Waals surface area contributed by atoms with Crippen molar-refractivity contribution in [2.75, 3.05) is 34.7 Å². The lowest BCUT2D eigenvalue weighted by Crippen LogP contribution is -2.44. The zero-order valence-corrected chi connectivity index (χ0v) is 21.8. The van der Waals surface area contributed by atoms with Crippen LogP contribution in [0.4, 0.5) is 0 Å². The Bertz CT molecular complexity index is 1180. The van der Waals surface area contributed by atoms with Crippen LogP contribution in [0.1, 0.15) is 27.7 Å². The Kier molecular flexibility index (Phi) is 8.60. The Labute approximate surface area is 195 Å². The maximum absolute atomic E-state index is 11.9. The molecule has 15 heteroatoms. The highest BCUT2D eigenvalue weighted by Crippen LogP contribution is 2.18. The number of nitrogens with zero attached hydrogens (tertiary/aromatic N) is 6. The van der Waals surface area contributed by atoms with E-state index in [-0.39, 0.29) is 21.5 Å². The monoisotopic (exact) mass is 506 g/mol. The standard InChI is InChI=1S/C9H16N4O3S.C9H18N4O2S/c1-9(2,8(14)12(3)4)13-6-5-7(11-13)17(10,15)16;1-9(2,7-12(3)4)13-6-5-8(11-13)16(10,14)15/h5-6H,1-4H3,(H2,10,15,16);5-6H,7H2,1-4H3,(H2,10,14,15). The minimum atomic E-state index is -3.85. The number of sulfonamides is 2. The number of hydrogen-bond donors (Lipinski definition) is 2. The van der Waals surface area contributed by atoms with E-state index in [9.17, 15) is 21.6 Å². The lowest BCUT2D eigenvalue weighted by atomic mass is 10.0. The quantitative estimate of drug-likeness (QED) is 0.489. The number of aromatic nitrogens is 4. The zero-order chi connectivity index (χ0) is 26.0. The first-order valence-electron chi connectivity index (χ1n) is 9.74. The molecule has 2 aromatic rings. The second-order valence-corrected chi connectivity index (χ2v) is 12.1. The van der Waals surface area contributed by atoms with E-state index in [2.05, 4.69) is 10.2 Å². The molecule has 2 aromatic heterocycles. The topological polar surface area (TPSA) is 180 Å². The third-order valence-corrected chi connectivity index (χ3v) is 6.14. The number of carbonyl (C=O) groups is 1. The molecular formula is C18H34N8O5S2. The van der Waals surface area contributed by atoms with Gasteiger partial charge in [-0.1, -0.05) is 0 Å². The molecule has 0 aliphatic carbocycles. The molecule has 0 radical (unpaired) electrons. The summed E-state index contributed by atoms with van der Waals surface area (Å²) in [5, 5.41) is 17.4. The predicted molar refractivity (Wildman–Crippen MR) is 123 cm³/mol. The van der Waals surface area contributed by atoms with E-state index >= 15 is 0 Å². The van der Waals surface area contributed by atoms with Gasteiger partial charge in [-0.25, -0.2) is 27.1 Å². The average Bonchev–Trinajstić information content (AvgIpc) is 3.29. The molecule has 1 amide bonds. The number of rotatable bonds is 7. The molecule has 0 saturated heterocycles. The molecule has 0 fully saturated rings. The summed E-state index contributed by atoms with van der Waals surface area (Å²) in [4.78, 5) is 15.3. The third kappa shape index (κ3) is 7.60. The summed E-state index contributed by atoms with van der Waals surface area (Å²) in [6.07, 6.45) is 3.05. The van der Waals surface area contributed by atoms with Crippen molar-refractivity contribution in [1.29, 1.82) is 0 Å². The fourth-order valence-electron chi connectivity index (χ4n) is 3.06. The number of amides is 1. The summed E-state index contributed by atoms with van der Waals surface area (Å²) >= 11 is 0. The van der Waals surface area contributed by atoms with Gasteiger partial charge in [0.25, 0.3) is 20.0 Å². The van der Waals surface area contributed by atoms with E-state index in [1.165, 1.54) is 27.9 Å². The molecular weight excluding hydrogens is 472 g/mol. The number of primary sulfonamides is 2. The second kappa shape index (κ2) is 9.89. The van der Waals surface area contributed by atoms with Gasteiger partial charge < -0.3 is 9.80 Å². The molecule has 0 unspecified atom stereocenters. The molecule has 2 rings (SSSR count). The van der Waals surface area contributed by atoms with Gasteiger partial charge in [-0.2, -0.15) is 10.2 Å². The SMILES string of the molecule is CN(C)C(=O)C(C)(C)n1ccc(S(N)(=O)=O)n1.CN(C)CC(C)(C)n1ccc(S(N)(=O)=O)n1. The maximum Gasteiger partial charge on any atom is 0.257 e. The highest BCUT2D eigenvalue weighted by Gasteiger charge is 2.32. The van der Waals surface area contributed by atoms with Crippen LogP contribution < -0.4 is 10.3 Å². The summed E-state index contributed by atoms with van der Waals surface area (Å²) in [7, 11) is -0.422.